The zero-order chi connectivity index (χ0) is 40.2. The van der Waals surface area contributed by atoms with Gasteiger partial charge in [0.1, 0.15) is 12.1 Å². The van der Waals surface area contributed by atoms with Crippen LogP contribution in [-0.4, -0.2) is 114 Å². The van der Waals surface area contributed by atoms with Crippen molar-refractivity contribution in [2.24, 2.45) is 17.3 Å². The summed E-state index contributed by atoms with van der Waals surface area (Å²) in [5.74, 6) is -2.29. The molecule has 0 aromatic rings. The molecule has 14 heteroatoms. The zero-order valence-electron chi connectivity index (χ0n) is 34.5. The van der Waals surface area contributed by atoms with Crippen LogP contribution in [0, 0.1) is 17.3 Å². The minimum atomic E-state index is -3.66. The second kappa shape index (κ2) is 17.8. The van der Waals surface area contributed by atoms with E-state index in [4.69, 9.17) is 0 Å². The first-order valence-electron chi connectivity index (χ1n) is 21.4. The van der Waals surface area contributed by atoms with Gasteiger partial charge in [-0.05, 0) is 82.7 Å². The number of sulfone groups is 1. The van der Waals surface area contributed by atoms with Crippen molar-refractivity contribution in [1.82, 2.24) is 31.1 Å². The van der Waals surface area contributed by atoms with Gasteiger partial charge in [0, 0.05) is 19.1 Å². The number of rotatable bonds is 12. The lowest BCUT2D eigenvalue weighted by atomic mass is 9.83. The second-order valence-electron chi connectivity index (χ2n) is 18.6. The van der Waals surface area contributed by atoms with Gasteiger partial charge in [-0.15, -0.1) is 0 Å². The van der Waals surface area contributed by atoms with Crippen LogP contribution >= 0.6 is 0 Å². The number of carbonyl (C=O) groups excluding carboxylic acids is 5. The molecule has 0 spiro atoms. The standard InChI is InChI=1S/C41H70N6O7S/c1-7-46(8-2)26-39(3,4)55(53,54)27-41(23-17-14-18-24-41)45-38(52)44-31-20-16-13-11-9-10-12-15-19-30(34(48)36(50)42-28-21-22-28)43-35(49)33-32-29(40(32,5)6)25-47(33)37(31)51/h28-33H,7-27H2,1-6H3,(H,42,50)(H,43,49)(H2,44,45,52)/t29-,30-,31-,32-,33-/m0/s1. The van der Waals surface area contributed by atoms with E-state index in [9.17, 15) is 32.4 Å². The second-order valence-corrected chi connectivity index (χ2v) is 21.2. The molecular weight excluding hydrogens is 721 g/mol. The van der Waals surface area contributed by atoms with Crippen LogP contribution in [-0.2, 0) is 29.0 Å². The normalized spacial score (nSPS) is 29.1. The Bertz CT molecular complexity index is 1520. The molecule has 5 rings (SSSR count). The van der Waals surface area contributed by atoms with E-state index in [0.29, 0.717) is 51.6 Å². The summed E-state index contributed by atoms with van der Waals surface area (Å²) in [6, 6.07) is -3.28. The molecule has 2 heterocycles. The van der Waals surface area contributed by atoms with Gasteiger partial charge in [-0.3, -0.25) is 19.2 Å². The van der Waals surface area contributed by atoms with E-state index in [0.717, 1.165) is 77.3 Å². The maximum Gasteiger partial charge on any atom is 0.315 e. The summed E-state index contributed by atoms with van der Waals surface area (Å²) in [5, 5.41) is 11.8. The van der Waals surface area contributed by atoms with Crippen LogP contribution in [0.1, 0.15) is 144 Å². The molecule has 2 saturated heterocycles. The van der Waals surface area contributed by atoms with Gasteiger partial charge < -0.3 is 31.1 Å². The van der Waals surface area contributed by atoms with E-state index in [-0.39, 0.29) is 35.0 Å². The lowest BCUT2D eigenvalue weighted by molar-refractivity contribution is -0.144. The molecule has 3 saturated carbocycles. The van der Waals surface area contributed by atoms with Crippen molar-refractivity contribution in [2.75, 3.05) is 31.9 Å². The number of piperidine rings is 1. The summed E-state index contributed by atoms with van der Waals surface area (Å²) >= 11 is 0. The number of nitrogens with one attached hydrogen (secondary N) is 4. The third-order valence-electron chi connectivity index (χ3n) is 13.6. The molecule has 0 aromatic heterocycles. The van der Waals surface area contributed by atoms with Crippen LogP contribution in [0.25, 0.3) is 0 Å². The van der Waals surface area contributed by atoms with Gasteiger partial charge in [-0.1, -0.05) is 91.9 Å². The molecule has 312 valence electrons. The van der Waals surface area contributed by atoms with Gasteiger partial charge >= 0.3 is 6.03 Å². The molecule has 5 amide bonds. The van der Waals surface area contributed by atoms with Crippen molar-refractivity contribution in [3.63, 3.8) is 0 Å². The first-order valence-corrected chi connectivity index (χ1v) is 23.1. The monoisotopic (exact) mass is 791 g/mol. The molecule has 5 atom stereocenters. The fraction of sp³-hybridized carbons (Fsp3) is 0.878. The molecule has 0 unspecified atom stereocenters. The summed E-state index contributed by atoms with van der Waals surface area (Å²) in [4.78, 5) is 72.8. The van der Waals surface area contributed by atoms with Crippen LogP contribution in [0.3, 0.4) is 0 Å². The van der Waals surface area contributed by atoms with Gasteiger partial charge in [0.2, 0.25) is 17.6 Å². The molecule has 55 heavy (non-hydrogen) atoms. The minimum Gasteiger partial charge on any atom is -0.347 e. The fourth-order valence-electron chi connectivity index (χ4n) is 9.63. The lowest BCUT2D eigenvalue weighted by Crippen LogP contribution is -2.62. The number of ketones is 1. The maximum absolute atomic E-state index is 14.6. The third kappa shape index (κ3) is 10.4. The average molecular weight is 791 g/mol. The highest BCUT2D eigenvalue weighted by Gasteiger charge is 2.69. The van der Waals surface area contributed by atoms with E-state index in [1.807, 2.05) is 13.8 Å². The van der Waals surface area contributed by atoms with E-state index >= 15 is 0 Å². The number of carbonyl (C=O) groups is 5. The van der Waals surface area contributed by atoms with Gasteiger partial charge in [0.25, 0.3) is 5.91 Å². The number of hydrogen-bond donors (Lipinski definition) is 4. The first kappa shape index (κ1) is 43.4. The summed E-state index contributed by atoms with van der Waals surface area (Å²) in [6.07, 6.45) is 12.1. The van der Waals surface area contributed by atoms with Crippen LogP contribution in [0.15, 0.2) is 0 Å². The Balaban J connectivity index is 1.35. The van der Waals surface area contributed by atoms with E-state index < -0.39 is 61.9 Å². The average Bonchev–Trinajstić information content (AvgIpc) is 3.98. The SMILES string of the molecule is CCN(CC)CC(C)(C)S(=O)(=O)CC1(NC(=O)N[C@H]2CCCCCCCCC[C@@H](C(=O)C(=O)NC3CC3)NC(=O)[C@@H]3[C@@H]4[C@H](CN3C2=O)C4(C)C)CCCCC1. The van der Waals surface area contributed by atoms with Crippen molar-refractivity contribution in [2.45, 2.75) is 179 Å². The molecular formula is C41H70N6O7S. The Morgan fingerprint density at radius 2 is 1.44 bits per heavy atom. The highest BCUT2D eigenvalue weighted by molar-refractivity contribution is 7.92. The zero-order valence-corrected chi connectivity index (χ0v) is 35.3. The maximum atomic E-state index is 14.6. The number of amides is 5. The molecule has 5 aliphatic rings. The Morgan fingerprint density at radius 3 is 2.04 bits per heavy atom. The van der Waals surface area contributed by atoms with Crippen LogP contribution < -0.4 is 21.3 Å². The molecule has 0 aromatic carbocycles. The summed E-state index contributed by atoms with van der Waals surface area (Å²) in [5.41, 5.74) is -1.14. The van der Waals surface area contributed by atoms with Gasteiger partial charge in [-0.25, -0.2) is 13.2 Å². The predicted octanol–water partition coefficient (Wildman–Crippen LogP) is 4.23. The highest BCUT2D eigenvalue weighted by atomic mass is 32.2. The highest BCUT2D eigenvalue weighted by Crippen LogP contribution is 2.65. The Kier molecular flexibility index (Phi) is 14.1. The lowest BCUT2D eigenvalue weighted by Gasteiger charge is -2.41. The van der Waals surface area contributed by atoms with E-state index in [1.165, 1.54) is 0 Å². The third-order valence-corrected chi connectivity index (χ3v) is 16.4. The number of fused-ring (bicyclic) bond motifs is 3. The van der Waals surface area contributed by atoms with Gasteiger partial charge in [0.05, 0.1) is 22.1 Å². The summed E-state index contributed by atoms with van der Waals surface area (Å²) in [7, 11) is -3.66. The molecule has 13 nitrogen and oxygen atoms in total. The molecule has 3 aliphatic carbocycles. The molecule has 2 aliphatic heterocycles. The van der Waals surface area contributed by atoms with E-state index in [2.05, 4.69) is 40.0 Å². The van der Waals surface area contributed by atoms with Crippen molar-refractivity contribution in [3.05, 3.63) is 0 Å². The molecule has 0 radical (unpaired) electrons. The van der Waals surface area contributed by atoms with Crippen LogP contribution in [0.2, 0.25) is 0 Å². The number of Topliss-reactive ketones (excluding diaryl/α,β-unsaturated/α-hetero) is 1. The van der Waals surface area contributed by atoms with Crippen molar-refractivity contribution in [1.29, 1.82) is 0 Å². The van der Waals surface area contributed by atoms with Crippen molar-refractivity contribution >= 4 is 39.4 Å². The van der Waals surface area contributed by atoms with Crippen molar-refractivity contribution < 1.29 is 32.4 Å². The predicted molar refractivity (Wildman–Crippen MR) is 213 cm³/mol. The quantitative estimate of drug-likeness (QED) is 0.213. The van der Waals surface area contributed by atoms with Crippen LogP contribution in [0.5, 0.6) is 0 Å². The number of urea groups is 1. The van der Waals surface area contributed by atoms with Crippen LogP contribution in [0.4, 0.5) is 4.79 Å². The summed E-state index contributed by atoms with van der Waals surface area (Å²) in [6.45, 7) is 14.0. The molecule has 0 bridgehead atoms. The topological polar surface area (TPSA) is 174 Å². The minimum absolute atomic E-state index is 0.0118. The largest absolute Gasteiger partial charge is 0.347 e. The smallest absolute Gasteiger partial charge is 0.315 e. The molecule has 5 fully saturated rings. The fourth-order valence-corrected chi connectivity index (χ4v) is 11.5. The molecule has 4 N–H and O–H groups in total. The Labute approximate surface area is 329 Å². The Hall–Kier alpha value is -2.74. The Morgan fingerprint density at radius 1 is 0.855 bits per heavy atom. The first-order chi connectivity index (χ1) is 25.9. The van der Waals surface area contributed by atoms with E-state index in [1.54, 1.807) is 18.7 Å². The van der Waals surface area contributed by atoms with Crippen molar-refractivity contribution in [3.8, 4) is 0 Å². The number of hydrogen-bond acceptors (Lipinski definition) is 8. The van der Waals surface area contributed by atoms with Gasteiger partial charge in [0.15, 0.2) is 9.84 Å². The number of nitrogens with zero attached hydrogens (tertiary/aromatic N) is 2. The summed E-state index contributed by atoms with van der Waals surface area (Å²) < 4.78 is 27.1. The van der Waals surface area contributed by atoms with Gasteiger partial charge in [-0.2, -0.15) is 0 Å².